The van der Waals surface area contributed by atoms with E-state index in [0.29, 0.717) is 0 Å². The molecule has 0 aromatic carbocycles. The average molecular weight is 168 g/mol. The first-order valence-electron chi connectivity index (χ1n) is 2.39. The largest absolute Gasteiger partial charge is 0.480 e. The number of rotatable bonds is 4. The van der Waals surface area contributed by atoms with Crippen LogP contribution in [0.5, 0.6) is 0 Å². The first-order valence-corrected chi connectivity index (χ1v) is 3.67. The molecule has 0 aromatic rings. The van der Waals surface area contributed by atoms with Gasteiger partial charge in [0, 0.05) is 0 Å². The molecule has 0 saturated carbocycles. The molecule has 0 aromatic heterocycles. The lowest BCUT2D eigenvalue weighted by Crippen LogP contribution is -2.34. The molecule has 0 aliphatic heterocycles. The summed E-state index contributed by atoms with van der Waals surface area (Å²) >= 11 is 0. The molecule has 0 radical (unpaired) electrons. The number of carboxylic acids is 1. The average Bonchev–Trinajstić information content (AvgIpc) is 1.82. The number of hydrogen-bond acceptors (Lipinski definition) is 5. The van der Waals surface area contributed by atoms with Gasteiger partial charge >= 0.3 is 5.97 Å². The summed E-state index contributed by atoms with van der Waals surface area (Å²) in [6.07, 6.45) is 0. The highest BCUT2D eigenvalue weighted by Crippen LogP contribution is 2.18. The Labute approximate surface area is 58.7 Å². The van der Waals surface area contributed by atoms with Crippen molar-refractivity contribution in [3.63, 3.8) is 0 Å². The maximum Gasteiger partial charge on any atom is 0.322 e. The molecule has 0 heterocycles. The summed E-state index contributed by atoms with van der Waals surface area (Å²) in [6.45, 7) is -0.270. The van der Waals surface area contributed by atoms with Gasteiger partial charge in [-0.3, -0.25) is 10.3 Å². The van der Waals surface area contributed by atoms with Gasteiger partial charge in [0.1, 0.15) is 6.04 Å². The Hall–Kier alpha value is -0.260. The minimum atomic E-state index is -2.00. The van der Waals surface area contributed by atoms with Crippen LogP contribution in [0.25, 0.3) is 0 Å². The Bertz CT molecular complexity index is 119. The topological polar surface area (TPSA) is 119 Å². The number of hydrogen-bond donors (Lipinski definition) is 4. The summed E-state index contributed by atoms with van der Waals surface area (Å²) in [6, 6.07) is -1.12. The summed E-state index contributed by atoms with van der Waals surface area (Å²) in [5, 5.41) is 8.17. The Morgan fingerprint density at radius 3 is 2.60 bits per heavy atom. The van der Waals surface area contributed by atoms with Gasteiger partial charge < -0.3 is 20.3 Å². The van der Waals surface area contributed by atoms with Gasteiger partial charge in [-0.2, -0.15) is 0 Å². The Morgan fingerprint density at radius 1 is 1.80 bits per heavy atom. The summed E-state index contributed by atoms with van der Waals surface area (Å²) in [5.41, 5.74) is 9.77. The molecule has 6 N–H and O–H groups in total. The van der Waals surface area contributed by atoms with Crippen molar-refractivity contribution in [1.29, 1.82) is 0 Å². The number of aliphatic carboxylic acids is 1. The third-order valence-corrected chi connectivity index (χ3v) is 1.12. The van der Waals surface area contributed by atoms with E-state index in [1.807, 2.05) is 0 Å². The van der Waals surface area contributed by atoms with Gasteiger partial charge in [-0.15, -0.1) is 0 Å². The van der Waals surface area contributed by atoms with Crippen molar-refractivity contribution in [2.24, 2.45) is 11.2 Å². The van der Waals surface area contributed by atoms with Crippen molar-refractivity contribution in [3.8, 4) is 0 Å². The first kappa shape index (κ1) is 9.74. The lowest BCUT2D eigenvalue weighted by Gasteiger charge is -2.07. The fraction of sp³-hybridized carbons (Fsp3) is 0.667. The van der Waals surface area contributed by atoms with Crippen LogP contribution in [0.15, 0.2) is 0 Å². The third-order valence-electron chi connectivity index (χ3n) is 0.704. The maximum atomic E-state index is 9.99. The van der Waals surface area contributed by atoms with Crippen LogP contribution in [0.3, 0.4) is 0 Å². The fourth-order valence-corrected chi connectivity index (χ4v) is 0.541. The molecule has 0 bridgehead atoms. The van der Waals surface area contributed by atoms with E-state index in [-0.39, 0.29) is 6.61 Å². The molecule has 0 saturated heterocycles. The van der Waals surface area contributed by atoms with Crippen LogP contribution >= 0.6 is 8.53 Å². The van der Waals surface area contributed by atoms with Crippen molar-refractivity contribution in [3.05, 3.63) is 0 Å². The summed E-state index contributed by atoms with van der Waals surface area (Å²) in [7, 11) is -2.00. The van der Waals surface area contributed by atoms with E-state index in [0.717, 1.165) is 0 Å². The van der Waals surface area contributed by atoms with Gasteiger partial charge in [0.25, 0.3) is 0 Å². The highest BCUT2D eigenvalue weighted by atomic mass is 31.2. The molecule has 7 heteroatoms. The van der Waals surface area contributed by atoms with Gasteiger partial charge in [-0.25, -0.2) is 0 Å². The predicted molar refractivity (Wildman–Crippen MR) is 34.9 cm³/mol. The van der Waals surface area contributed by atoms with Gasteiger partial charge in [0.2, 0.25) is 8.53 Å². The molecule has 0 amide bonds. The van der Waals surface area contributed by atoms with E-state index < -0.39 is 20.5 Å². The van der Waals surface area contributed by atoms with E-state index in [9.17, 15) is 4.79 Å². The van der Waals surface area contributed by atoms with Crippen LogP contribution in [0, 0.1) is 0 Å². The van der Waals surface area contributed by atoms with Gasteiger partial charge in [0.05, 0.1) is 6.61 Å². The van der Waals surface area contributed by atoms with Gasteiger partial charge in [-0.05, 0) is 0 Å². The quantitative estimate of drug-likeness (QED) is 0.383. The van der Waals surface area contributed by atoms with E-state index in [4.69, 9.17) is 21.2 Å². The molecular formula is C3H9N2O4P. The summed E-state index contributed by atoms with van der Waals surface area (Å²) < 4.78 is 4.36. The van der Waals surface area contributed by atoms with Crippen molar-refractivity contribution < 1.29 is 19.3 Å². The lowest BCUT2D eigenvalue weighted by molar-refractivity contribution is -0.139. The van der Waals surface area contributed by atoms with E-state index in [1.165, 1.54) is 0 Å². The molecule has 0 aliphatic carbocycles. The molecule has 10 heavy (non-hydrogen) atoms. The van der Waals surface area contributed by atoms with Crippen LogP contribution in [0.4, 0.5) is 0 Å². The van der Waals surface area contributed by atoms with Crippen molar-refractivity contribution in [2.45, 2.75) is 6.04 Å². The fourth-order valence-electron chi connectivity index (χ4n) is 0.228. The number of carbonyl (C=O) groups is 1. The highest BCUT2D eigenvalue weighted by Gasteiger charge is 2.12. The van der Waals surface area contributed by atoms with Crippen LogP contribution < -0.4 is 11.2 Å². The molecule has 0 fully saturated rings. The van der Waals surface area contributed by atoms with Gasteiger partial charge in [0.15, 0.2) is 0 Å². The first-order chi connectivity index (χ1) is 4.54. The Kier molecular flexibility index (Phi) is 4.42. The summed E-state index contributed by atoms with van der Waals surface area (Å²) in [4.78, 5) is 18.3. The zero-order valence-corrected chi connectivity index (χ0v) is 5.99. The minimum Gasteiger partial charge on any atom is -0.480 e. The Balaban J connectivity index is 3.40. The molecule has 6 nitrogen and oxygen atoms in total. The normalized spacial score (nSPS) is 16.3. The van der Waals surface area contributed by atoms with Crippen molar-refractivity contribution in [1.82, 2.24) is 0 Å². The molecule has 0 spiro atoms. The second-order valence-electron chi connectivity index (χ2n) is 1.54. The Morgan fingerprint density at radius 2 is 2.30 bits per heavy atom. The van der Waals surface area contributed by atoms with Crippen LogP contribution in [-0.4, -0.2) is 28.6 Å². The zero-order valence-electron chi connectivity index (χ0n) is 5.10. The van der Waals surface area contributed by atoms with E-state index >= 15 is 0 Å². The maximum absolute atomic E-state index is 9.99. The third kappa shape index (κ3) is 4.60. The van der Waals surface area contributed by atoms with Gasteiger partial charge in [-0.1, -0.05) is 0 Å². The van der Waals surface area contributed by atoms with Crippen molar-refractivity contribution in [2.75, 3.05) is 6.61 Å². The minimum absolute atomic E-state index is 0.270. The highest BCUT2D eigenvalue weighted by molar-refractivity contribution is 7.43. The molecule has 2 unspecified atom stereocenters. The summed E-state index contributed by atoms with van der Waals surface area (Å²) in [5.74, 6) is -1.18. The SMILES string of the molecule is NC(COP(N)O)C(=O)O. The number of nitrogens with two attached hydrogens (primary N) is 2. The lowest BCUT2D eigenvalue weighted by atomic mass is 10.3. The second-order valence-corrected chi connectivity index (χ2v) is 2.41. The molecule has 2 atom stereocenters. The smallest absolute Gasteiger partial charge is 0.322 e. The molecule has 0 rings (SSSR count). The van der Waals surface area contributed by atoms with E-state index in [2.05, 4.69) is 4.52 Å². The van der Waals surface area contributed by atoms with E-state index in [1.54, 1.807) is 0 Å². The molecular weight excluding hydrogens is 159 g/mol. The van der Waals surface area contributed by atoms with Crippen molar-refractivity contribution >= 4 is 14.5 Å². The standard InChI is InChI=1S/C3H9N2O4P/c4-2(3(6)7)1-9-10(5)8/h2,8H,1,4-5H2,(H,6,7). The second kappa shape index (κ2) is 4.54. The monoisotopic (exact) mass is 168 g/mol. The predicted octanol–water partition coefficient (Wildman–Crippen LogP) is -1.41. The zero-order chi connectivity index (χ0) is 8.15. The van der Waals surface area contributed by atoms with Crippen LogP contribution in [0.2, 0.25) is 0 Å². The van der Waals surface area contributed by atoms with Crippen LogP contribution in [0.1, 0.15) is 0 Å². The molecule has 60 valence electrons. The molecule has 0 aliphatic rings. The number of carboxylic acid groups (broad SMARTS) is 1. The van der Waals surface area contributed by atoms with Crippen LogP contribution in [-0.2, 0) is 9.32 Å².